The smallest absolute Gasteiger partial charge is 0.226 e. The van der Waals surface area contributed by atoms with Gasteiger partial charge in [-0.2, -0.15) is 0 Å². The Bertz CT molecular complexity index is 951. The summed E-state index contributed by atoms with van der Waals surface area (Å²) in [7, 11) is 0. The van der Waals surface area contributed by atoms with Gasteiger partial charge in [-0.05, 0) is 30.2 Å². The average Bonchev–Trinajstić information content (AvgIpc) is 3.06. The summed E-state index contributed by atoms with van der Waals surface area (Å²) in [6, 6.07) is 15.2. The summed E-state index contributed by atoms with van der Waals surface area (Å²) in [5.41, 5.74) is 2.83. The van der Waals surface area contributed by atoms with Gasteiger partial charge in [0.25, 0.3) is 0 Å². The summed E-state index contributed by atoms with van der Waals surface area (Å²) in [5, 5.41) is 4.44. The molecule has 6 heteroatoms. The zero-order chi connectivity index (χ0) is 19.2. The number of amides is 2. The van der Waals surface area contributed by atoms with Crippen molar-refractivity contribution in [2.75, 3.05) is 18.4 Å². The van der Waals surface area contributed by atoms with Gasteiger partial charge in [0.2, 0.25) is 11.8 Å². The molecule has 2 amide bonds. The second kappa shape index (κ2) is 8.73. The number of fused-ring (bicyclic) bond motifs is 1. The molecule has 5 nitrogen and oxygen atoms in total. The van der Waals surface area contributed by atoms with Gasteiger partial charge in [-0.1, -0.05) is 41.9 Å². The first-order valence-electron chi connectivity index (χ1n) is 8.89. The van der Waals surface area contributed by atoms with Gasteiger partial charge in [0.1, 0.15) is 0 Å². The molecule has 0 atom stereocenters. The number of halogens is 1. The van der Waals surface area contributed by atoms with Crippen LogP contribution in [0.1, 0.15) is 18.9 Å². The van der Waals surface area contributed by atoms with Crippen LogP contribution in [0.2, 0.25) is 5.02 Å². The number of hydrogen-bond acceptors (Lipinski definition) is 2. The van der Waals surface area contributed by atoms with Crippen LogP contribution in [0, 0.1) is 0 Å². The highest BCUT2D eigenvalue weighted by atomic mass is 35.5. The zero-order valence-electron chi connectivity index (χ0n) is 15.2. The van der Waals surface area contributed by atoms with Crippen molar-refractivity contribution in [2.24, 2.45) is 0 Å². The van der Waals surface area contributed by atoms with Crippen molar-refractivity contribution in [2.45, 2.75) is 19.8 Å². The summed E-state index contributed by atoms with van der Waals surface area (Å²) in [6.07, 6.45) is 2.93. The second-order valence-electron chi connectivity index (χ2n) is 6.39. The number of para-hydroxylation sites is 2. The fourth-order valence-electron chi connectivity index (χ4n) is 3.03. The van der Waals surface area contributed by atoms with E-state index < -0.39 is 0 Å². The first-order chi connectivity index (χ1) is 13.0. The molecule has 0 saturated carbocycles. The fraction of sp³-hybridized carbons (Fsp3) is 0.238. The van der Waals surface area contributed by atoms with Crippen molar-refractivity contribution in [1.82, 2.24) is 9.88 Å². The molecule has 1 aromatic heterocycles. The number of anilines is 1. The standard InChI is InChI=1S/C21H22ClN3O2/c1-15(26)25(12-10-16-14-23-19-8-4-2-6-17(16)19)13-11-21(27)24-20-9-5-3-7-18(20)22/h2-9,14,23H,10-13H2,1H3,(H,24,27). The van der Waals surface area contributed by atoms with Crippen LogP contribution in [0.15, 0.2) is 54.7 Å². The minimum atomic E-state index is -0.165. The number of H-pyrrole nitrogens is 1. The molecule has 0 spiro atoms. The normalized spacial score (nSPS) is 10.7. The van der Waals surface area contributed by atoms with E-state index in [4.69, 9.17) is 11.6 Å². The number of nitrogens with one attached hydrogen (secondary N) is 2. The lowest BCUT2D eigenvalue weighted by Gasteiger charge is -2.20. The maximum atomic E-state index is 12.2. The molecule has 0 saturated heterocycles. The lowest BCUT2D eigenvalue weighted by atomic mass is 10.1. The maximum Gasteiger partial charge on any atom is 0.226 e. The third kappa shape index (κ3) is 4.89. The van der Waals surface area contributed by atoms with Crippen molar-refractivity contribution in [3.05, 3.63) is 65.3 Å². The molecule has 27 heavy (non-hydrogen) atoms. The number of aromatic nitrogens is 1. The van der Waals surface area contributed by atoms with Crippen LogP contribution < -0.4 is 5.32 Å². The van der Waals surface area contributed by atoms with Gasteiger partial charge in [-0.3, -0.25) is 9.59 Å². The van der Waals surface area contributed by atoms with Gasteiger partial charge in [0.05, 0.1) is 10.7 Å². The number of rotatable bonds is 7. The van der Waals surface area contributed by atoms with Crippen LogP contribution in [-0.4, -0.2) is 34.8 Å². The summed E-state index contributed by atoms with van der Waals surface area (Å²) < 4.78 is 0. The van der Waals surface area contributed by atoms with Gasteiger partial charge >= 0.3 is 0 Å². The number of hydrogen-bond donors (Lipinski definition) is 2. The van der Waals surface area contributed by atoms with Crippen LogP contribution in [0.4, 0.5) is 5.69 Å². The van der Waals surface area contributed by atoms with E-state index in [0.717, 1.165) is 22.9 Å². The lowest BCUT2D eigenvalue weighted by molar-refractivity contribution is -0.129. The second-order valence-corrected chi connectivity index (χ2v) is 6.80. The Hall–Kier alpha value is -2.79. The average molecular weight is 384 g/mol. The predicted octanol–water partition coefficient (Wildman–Crippen LogP) is 4.24. The molecule has 0 aliphatic heterocycles. The van der Waals surface area contributed by atoms with Gasteiger partial charge in [-0.25, -0.2) is 0 Å². The van der Waals surface area contributed by atoms with Crippen LogP contribution in [-0.2, 0) is 16.0 Å². The largest absolute Gasteiger partial charge is 0.361 e. The Balaban J connectivity index is 1.55. The Morgan fingerprint density at radius 2 is 1.81 bits per heavy atom. The quantitative estimate of drug-likeness (QED) is 0.640. The molecule has 2 N–H and O–H groups in total. The number of nitrogens with zero attached hydrogens (tertiary/aromatic N) is 1. The topological polar surface area (TPSA) is 65.2 Å². The summed E-state index contributed by atoms with van der Waals surface area (Å²) in [6.45, 7) is 2.46. The van der Waals surface area contributed by atoms with E-state index >= 15 is 0 Å². The van der Waals surface area contributed by atoms with Crippen molar-refractivity contribution in [3.8, 4) is 0 Å². The van der Waals surface area contributed by atoms with E-state index in [-0.39, 0.29) is 18.2 Å². The zero-order valence-corrected chi connectivity index (χ0v) is 15.9. The molecule has 3 rings (SSSR count). The summed E-state index contributed by atoms with van der Waals surface area (Å²) >= 11 is 6.05. The monoisotopic (exact) mass is 383 g/mol. The van der Waals surface area contributed by atoms with E-state index in [0.29, 0.717) is 23.8 Å². The molecule has 140 valence electrons. The number of aromatic amines is 1. The third-order valence-corrected chi connectivity index (χ3v) is 4.86. The van der Waals surface area contributed by atoms with E-state index in [1.807, 2.05) is 30.5 Å². The molecule has 0 radical (unpaired) electrons. The Morgan fingerprint density at radius 1 is 1.07 bits per heavy atom. The van der Waals surface area contributed by atoms with Crippen LogP contribution in [0.3, 0.4) is 0 Å². The Labute approximate surface area is 163 Å². The van der Waals surface area contributed by atoms with E-state index in [9.17, 15) is 9.59 Å². The minimum Gasteiger partial charge on any atom is -0.361 e. The third-order valence-electron chi connectivity index (χ3n) is 4.53. The number of carbonyl (C=O) groups is 2. The first-order valence-corrected chi connectivity index (χ1v) is 9.27. The Morgan fingerprint density at radius 3 is 2.59 bits per heavy atom. The van der Waals surface area contributed by atoms with E-state index in [1.54, 1.807) is 23.1 Å². The molecule has 1 heterocycles. The van der Waals surface area contributed by atoms with Crippen LogP contribution >= 0.6 is 11.6 Å². The molecular weight excluding hydrogens is 362 g/mol. The maximum absolute atomic E-state index is 12.2. The van der Waals surface area contributed by atoms with Crippen LogP contribution in [0.25, 0.3) is 10.9 Å². The van der Waals surface area contributed by atoms with Gasteiger partial charge < -0.3 is 15.2 Å². The van der Waals surface area contributed by atoms with Gasteiger partial charge in [0.15, 0.2) is 0 Å². The van der Waals surface area contributed by atoms with E-state index in [1.165, 1.54) is 6.92 Å². The molecule has 0 bridgehead atoms. The van der Waals surface area contributed by atoms with Crippen molar-refractivity contribution >= 4 is 40.0 Å². The summed E-state index contributed by atoms with van der Waals surface area (Å²) in [5.74, 6) is -0.207. The molecular formula is C21H22ClN3O2. The lowest BCUT2D eigenvalue weighted by Crippen LogP contribution is -2.33. The number of carbonyl (C=O) groups excluding carboxylic acids is 2. The van der Waals surface area contributed by atoms with Crippen molar-refractivity contribution < 1.29 is 9.59 Å². The first kappa shape index (κ1) is 19.0. The molecule has 0 aliphatic carbocycles. The summed E-state index contributed by atoms with van der Waals surface area (Å²) in [4.78, 5) is 29.1. The molecule has 0 unspecified atom stereocenters. The van der Waals surface area contributed by atoms with Crippen LogP contribution in [0.5, 0.6) is 0 Å². The van der Waals surface area contributed by atoms with Gasteiger partial charge in [-0.15, -0.1) is 0 Å². The molecule has 3 aromatic rings. The van der Waals surface area contributed by atoms with E-state index in [2.05, 4.69) is 16.4 Å². The highest BCUT2D eigenvalue weighted by Crippen LogP contribution is 2.21. The molecule has 0 fully saturated rings. The fourth-order valence-corrected chi connectivity index (χ4v) is 3.22. The Kier molecular flexibility index (Phi) is 6.14. The van der Waals surface area contributed by atoms with Gasteiger partial charge in [0, 0.05) is 43.5 Å². The highest BCUT2D eigenvalue weighted by Gasteiger charge is 2.13. The predicted molar refractivity (Wildman–Crippen MR) is 109 cm³/mol. The highest BCUT2D eigenvalue weighted by molar-refractivity contribution is 6.33. The molecule has 0 aliphatic rings. The minimum absolute atomic E-state index is 0.0413. The number of benzene rings is 2. The van der Waals surface area contributed by atoms with Crippen molar-refractivity contribution in [1.29, 1.82) is 0 Å². The SMILES string of the molecule is CC(=O)N(CCC(=O)Nc1ccccc1Cl)CCc1c[nH]c2ccccc12. The van der Waals surface area contributed by atoms with Crippen molar-refractivity contribution in [3.63, 3.8) is 0 Å². The molecule has 2 aromatic carbocycles.